The molecule has 0 saturated heterocycles. The van der Waals surface area contributed by atoms with Crippen molar-refractivity contribution in [3.63, 3.8) is 0 Å². The largest absolute Gasteiger partial charge is 0.479 e. The Kier molecular flexibility index (Phi) is 5.35. The van der Waals surface area contributed by atoms with Crippen molar-refractivity contribution in [2.24, 2.45) is 11.5 Å². The number of rotatable bonds is 7. The maximum Gasteiger partial charge on any atom is 0.334 e. The summed E-state index contributed by atoms with van der Waals surface area (Å²) in [6, 6.07) is 0. The quantitative estimate of drug-likeness (QED) is 0.223. The van der Waals surface area contributed by atoms with Gasteiger partial charge in [-0.1, -0.05) is 0 Å². The Morgan fingerprint density at radius 3 is 1.17 bits per heavy atom. The van der Waals surface area contributed by atoms with Crippen LogP contribution in [0.1, 0.15) is 0 Å². The van der Waals surface area contributed by atoms with Crippen LogP contribution in [-0.4, -0.2) is 56.3 Å². The summed E-state index contributed by atoms with van der Waals surface area (Å²) in [5.74, 6) is -8.01. The normalized spacial score (nSPS) is 17.3. The van der Waals surface area contributed by atoms with Gasteiger partial charge in [0.15, 0.2) is 11.6 Å². The SMILES string of the molecule is NC(C(=O)O)(C(=O)CS)C(N)(C(=O)O)C(=O)CS. The summed E-state index contributed by atoms with van der Waals surface area (Å²) in [7, 11) is 0. The van der Waals surface area contributed by atoms with Crippen LogP contribution in [-0.2, 0) is 19.2 Å². The van der Waals surface area contributed by atoms with Gasteiger partial charge in [-0.05, 0) is 0 Å². The maximum absolute atomic E-state index is 11.5. The number of ketones is 2. The Hall–Kier alpha value is -1.10. The predicted molar refractivity (Wildman–Crippen MR) is 66.8 cm³/mol. The first-order valence-corrected chi connectivity index (χ1v) is 5.70. The number of carbonyl (C=O) groups is 4. The number of hydrogen-bond acceptors (Lipinski definition) is 8. The average molecular weight is 296 g/mol. The number of nitrogens with two attached hydrogens (primary N) is 2. The lowest BCUT2D eigenvalue weighted by Gasteiger charge is -2.36. The molecule has 0 heterocycles. The predicted octanol–water partition coefficient (Wildman–Crippen LogP) is -2.45. The molecule has 0 saturated carbocycles. The summed E-state index contributed by atoms with van der Waals surface area (Å²) in [6.07, 6.45) is 0. The number of carboxylic acid groups (broad SMARTS) is 2. The Bertz CT molecular complexity index is 376. The second-order valence-corrected chi connectivity index (χ2v) is 4.02. The smallest absolute Gasteiger partial charge is 0.334 e. The van der Waals surface area contributed by atoms with Gasteiger partial charge in [0.1, 0.15) is 0 Å². The molecule has 8 nitrogen and oxygen atoms in total. The first kappa shape index (κ1) is 16.9. The van der Waals surface area contributed by atoms with E-state index in [1.807, 2.05) is 0 Å². The van der Waals surface area contributed by atoms with E-state index in [-0.39, 0.29) is 0 Å². The minimum absolute atomic E-state index is 0.686. The third kappa shape index (κ3) is 2.23. The van der Waals surface area contributed by atoms with Gasteiger partial charge in [-0.25, -0.2) is 9.59 Å². The van der Waals surface area contributed by atoms with Crippen molar-refractivity contribution in [1.29, 1.82) is 0 Å². The molecule has 0 rings (SSSR count). The van der Waals surface area contributed by atoms with Gasteiger partial charge in [-0.2, -0.15) is 25.3 Å². The number of carboxylic acids is 2. The van der Waals surface area contributed by atoms with Crippen molar-refractivity contribution >= 4 is 48.8 Å². The molecule has 0 aromatic heterocycles. The van der Waals surface area contributed by atoms with Crippen molar-refractivity contribution in [3.8, 4) is 0 Å². The zero-order valence-electron chi connectivity index (χ0n) is 8.99. The Morgan fingerprint density at radius 1 is 0.833 bits per heavy atom. The zero-order valence-corrected chi connectivity index (χ0v) is 10.8. The third-order valence-corrected chi connectivity index (χ3v) is 3.04. The van der Waals surface area contributed by atoms with Crippen LogP contribution >= 0.6 is 25.3 Å². The highest BCUT2D eigenvalue weighted by atomic mass is 32.1. The van der Waals surface area contributed by atoms with Gasteiger partial charge >= 0.3 is 11.9 Å². The molecule has 2 atom stereocenters. The first-order chi connectivity index (χ1) is 8.10. The van der Waals surface area contributed by atoms with Crippen molar-refractivity contribution in [3.05, 3.63) is 0 Å². The molecule has 6 N–H and O–H groups in total. The fourth-order valence-corrected chi connectivity index (χ4v) is 1.76. The molecule has 10 heteroatoms. The number of Topliss-reactive ketones (excluding diaryl/α,β-unsaturated/α-hetero) is 2. The van der Waals surface area contributed by atoms with Gasteiger partial charge < -0.3 is 21.7 Å². The van der Waals surface area contributed by atoms with E-state index < -0.39 is 46.1 Å². The molecule has 0 aromatic carbocycles. The fourth-order valence-electron chi connectivity index (χ4n) is 1.27. The fraction of sp³-hybridized carbons (Fsp3) is 0.500. The lowest BCUT2D eigenvalue weighted by Crippen LogP contribution is -2.80. The minimum Gasteiger partial charge on any atom is -0.479 e. The Labute approximate surface area is 113 Å². The topological polar surface area (TPSA) is 161 Å². The number of hydrogen-bond donors (Lipinski definition) is 6. The molecule has 0 aliphatic carbocycles. The average Bonchev–Trinajstić information content (AvgIpc) is 2.33. The van der Waals surface area contributed by atoms with Gasteiger partial charge in [-0.3, -0.25) is 9.59 Å². The zero-order chi connectivity index (χ0) is 14.7. The molecule has 0 fully saturated rings. The van der Waals surface area contributed by atoms with Gasteiger partial charge in [0, 0.05) is 0 Å². The van der Waals surface area contributed by atoms with Crippen molar-refractivity contribution in [2.45, 2.75) is 11.1 Å². The van der Waals surface area contributed by atoms with Crippen molar-refractivity contribution in [2.75, 3.05) is 11.5 Å². The van der Waals surface area contributed by atoms with Gasteiger partial charge in [0.05, 0.1) is 11.5 Å². The van der Waals surface area contributed by atoms with Crippen LogP contribution in [0.15, 0.2) is 0 Å². The molecule has 18 heavy (non-hydrogen) atoms. The van der Waals surface area contributed by atoms with E-state index in [9.17, 15) is 19.2 Å². The molecule has 0 bridgehead atoms. The maximum atomic E-state index is 11.5. The molecule has 0 spiro atoms. The highest BCUT2D eigenvalue weighted by molar-refractivity contribution is 7.81. The summed E-state index contributed by atoms with van der Waals surface area (Å²) in [4.78, 5) is 45.3. The molecule has 0 amide bonds. The van der Waals surface area contributed by atoms with E-state index >= 15 is 0 Å². The first-order valence-electron chi connectivity index (χ1n) is 4.43. The van der Waals surface area contributed by atoms with E-state index in [2.05, 4.69) is 25.3 Å². The Balaban J connectivity index is 6.15. The van der Waals surface area contributed by atoms with Crippen LogP contribution in [0, 0.1) is 0 Å². The van der Waals surface area contributed by atoms with E-state index in [1.165, 1.54) is 0 Å². The summed E-state index contributed by atoms with van der Waals surface area (Å²) >= 11 is 7.06. The summed E-state index contributed by atoms with van der Waals surface area (Å²) in [5, 5.41) is 17.9. The van der Waals surface area contributed by atoms with E-state index in [1.54, 1.807) is 0 Å². The molecule has 2 unspecified atom stereocenters. The van der Waals surface area contributed by atoms with Gasteiger partial charge in [0.2, 0.25) is 11.1 Å². The lowest BCUT2D eigenvalue weighted by molar-refractivity contribution is -0.164. The van der Waals surface area contributed by atoms with E-state index in [0.29, 0.717) is 0 Å². The summed E-state index contributed by atoms with van der Waals surface area (Å²) in [6.45, 7) is 0. The Morgan fingerprint density at radius 2 is 1.06 bits per heavy atom. The second-order valence-electron chi connectivity index (χ2n) is 3.39. The molecule has 0 aliphatic rings. The monoisotopic (exact) mass is 296 g/mol. The molecule has 0 aromatic rings. The van der Waals surface area contributed by atoms with Crippen LogP contribution in [0.2, 0.25) is 0 Å². The van der Waals surface area contributed by atoms with E-state index in [0.717, 1.165) is 0 Å². The minimum atomic E-state index is -3.11. The highest BCUT2D eigenvalue weighted by Crippen LogP contribution is 2.22. The molecule has 0 aliphatic heterocycles. The molecular weight excluding hydrogens is 284 g/mol. The third-order valence-electron chi connectivity index (χ3n) is 2.46. The van der Waals surface area contributed by atoms with Gasteiger partial charge in [-0.15, -0.1) is 0 Å². The molecule has 0 radical (unpaired) electrons. The van der Waals surface area contributed by atoms with Crippen LogP contribution in [0.25, 0.3) is 0 Å². The van der Waals surface area contributed by atoms with Crippen LogP contribution in [0.3, 0.4) is 0 Å². The van der Waals surface area contributed by atoms with Crippen molar-refractivity contribution in [1.82, 2.24) is 0 Å². The van der Waals surface area contributed by atoms with Crippen LogP contribution in [0.5, 0.6) is 0 Å². The summed E-state index contributed by atoms with van der Waals surface area (Å²) in [5.41, 5.74) is 4.36. The number of thiol groups is 2. The standard InChI is InChI=1S/C8H12N2O6S2/c9-7(5(13)14,3(11)1-17)8(10,6(15)16)4(12)2-18/h17-18H,1-2,9-10H2,(H,13,14)(H,15,16). The summed E-state index contributed by atoms with van der Waals surface area (Å²) < 4.78 is 0. The molecule has 102 valence electrons. The highest BCUT2D eigenvalue weighted by Gasteiger charge is 2.65. The lowest BCUT2D eigenvalue weighted by atomic mass is 9.72. The van der Waals surface area contributed by atoms with E-state index in [4.69, 9.17) is 21.7 Å². The van der Waals surface area contributed by atoms with Gasteiger partial charge in [0.25, 0.3) is 0 Å². The molecular formula is C8H12N2O6S2. The number of carbonyl (C=O) groups excluding carboxylic acids is 2. The van der Waals surface area contributed by atoms with Crippen molar-refractivity contribution < 1.29 is 29.4 Å². The van der Waals surface area contributed by atoms with Crippen LogP contribution in [0.4, 0.5) is 0 Å². The number of aliphatic carboxylic acids is 2. The van der Waals surface area contributed by atoms with Crippen LogP contribution < -0.4 is 11.5 Å². The second kappa shape index (κ2) is 5.69.